The van der Waals surface area contributed by atoms with E-state index in [0.717, 1.165) is 0 Å². The molecule has 5 nitrogen and oxygen atoms in total. The number of halogens is 1. The zero-order chi connectivity index (χ0) is 14.9. The van der Waals surface area contributed by atoms with Crippen LogP contribution in [-0.4, -0.2) is 30.8 Å². The summed E-state index contributed by atoms with van der Waals surface area (Å²) in [4.78, 5) is 22.2. The van der Waals surface area contributed by atoms with Crippen molar-refractivity contribution in [2.45, 2.75) is 46.1 Å². The van der Waals surface area contributed by atoms with Crippen molar-refractivity contribution < 1.29 is 23.5 Å². The molecule has 110 valence electrons. The van der Waals surface area contributed by atoms with Gasteiger partial charge in [-0.05, 0) is 34.1 Å². The predicted octanol–water partition coefficient (Wildman–Crippen LogP) is 2.71. The summed E-state index contributed by atoms with van der Waals surface area (Å²) in [5.41, 5.74) is -0.560. The summed E-state index contributed by atoms with van der Waals surface area (Å²) in [6.07, 6.45) is 0.602. The van der Waals surface area contributed by atoms with Gasteiger partial charge in [-0.15, -0.1) is 0 Å². The fourth-order valence-electron chi connectivity index (χ4n) is 1.14. The monoisotopic (exact) mass is 275 g/mol. The normalized spacial score (nSPS) is 11.9. The standard InChI is InChI=1S/C13H22FNO4/c1-5-18-11(16)9-10(14)7-6-8-15-12(17)19-13(2,3)4/h7H,5-6,8-9H2,1-4H3,(H,15,17)/b10-7+. The molecule has 0 saturated carbocycles. The smallest absolute Gasteiger partial charge is 0.407 e. The van der Waals surface area contributed by atoms with Crippen molar-refractivity contribution >= 4 is 12.1 Å². The van der Waals surface area contributed by atoms with E-state index in [-0.39, 0.29) is 26.0 Å². The number of carbonyl (C=O) groups excluding carboxylic acids is 2. The van der Waals surface area contributed by atoms with Crippen LogP contribution in [0.25, 0.3) is 0 Å². The highest BCUT2D eigenvalue weighted by Crippen LogP contribution is 2.07. The molecular weight excluding hydrogens is 253 g/mol. The van der Waals surface area contributed by atoms with Crippen LogP contribution in [0.15, 0.2) is 11.9 Å². The molecule has 1 amide bonds. The lowest BCUT2D eigenvalue weighted by atomic mass is 10.2. The first-order valence-electron chi connectivity index (χ1n) is 6.21. The quantitative estimate of drug-likeness (QED) is 0.598. The van der Waals surface area contributed by atoms with E-state index in [4.69, 9.17) is 4.74 Å². The molecule has 0 atom stereocenters. The van der Waals surface area contributed by atoms with Gasteiger partial charge in [0.1, 0.15) is 11.4 Å². The van der Waals surface area contributed by atoms with E-state index in [1.54, 1.807) is 27.7 Å². The molecule has 0 aliphatic carbocycles. The van der Waals surface area contributed by atoms with Gasteiger partial charge in [-0.25, -0.2) is 9.18 Å². The van der Waals surface area contributed by atoms with Gasteiger partial charge >= 0.3 is 12.1 Å². The maximum absolute atomic E-state index is 13.2. The molecule has 0 aromatic carbocycles. The number of rotatable bonds is 6. The van der Waals surface area contributed by atoms with E-state index in [0.29, 0.717) is 0 Å². The second kappa shape index (κ2) is 8.50. The van der Waals surface area contributed by atoms with Crippen molar-refractivity contribution in [3.63, 3.8) is 0 Å². The van der Waals surface area contributed by atoms with E-state index >= 15 is 0 Å². The highest BCUT2D eigenvalue weighted by molar-refractivity contribution is 5.71. The Morgan fingerprint density at radius 2 is 1.95 bits per heavy atom. The average Bonchev–Trinajstić information content (AvgIpc) is 2.22. The van der Waals surface area contributed by atoms with Crippen molar-refractivity contribution in [2.75, 3.05) is 13.2 Å². The lowest BCUT2D eigenvalue weighted by molar-refractivity contribution is -0.142. The van der Waals surface area contributed by atoms with E-state index in [9.17, 15) is 14.0 Å². The molecule has 0 heterocycles. The molecule has 0 aliphatic heterocycles. The summed E-state index contributed by atoms with van der Waals surface area (Å²) in [7, 11) is 0. The van der Waals surface area contributed by atoms with Crippen molar-refractivity contribution in [3.8, 4) is 0 Å². The van der Waals surface area contributed by atoms with Crippen molar-refractivity contribution in [1.29, 1.82) is 0 Å². The highest BCUT2D eigenvalue weighted by atomic mass is 19.1. The molecule has 0 unspecified atom stereocenters. The van der Waals surface area contributed by atoms with Crippen LogP contribution in [0.3, 0.4) is 0 Å². The summed E-state index contributed by atoms with van der Waals surface area (Å²) in [6.45, 7) is 7.39. The Morgan fingerprint density at radius 1 is 1.32 bits per heavy atom. The van der Waals surface area contributed by atoms with Crippen molar-refractivity contribution in [1.82, 2.24) is 5.32 Å². The molecule has 0 aromatic rings. The maximum Gasteiger partial charge on any atom is 0.407 e. The molecule has 0 bridgehead atoms. The number of alkyl carbamates (subject to hydrolysis) is 1. The topological polar surface area (TPSA) is 64.6 Å². The van der Waals surface area contributed by atoms with Gasteiger partial charge in [0, 0.05) is 6.54 Å². The summed E-state index contributed by atoms with van der Waals surface area (Å²) in [5, 5.41) is 2.48. The number of ether oxygens (including phenoxy) is 2. The van der Waals surface area contributed by atoms with Crippen LogP contribution < -0.4 is 5.32 Å². The van der Waals surface area contributed by atoms with Gasteiger partial charge in [0.2, 0.25) is 0 Å². The van der Waals surface area contributed by atoms with Crippen LogP contribution >= 0.6 is 0 Å². The Kier molecular flexibility index (Phi) is 7.79. The minimum atomic E-state index is -0.601. The van der Waals surface area contributed by atoms with Gasteiger partial charge in [0.25, 0.3) is 0 Å². The number of esters is 1. The number of nitrogens with one attached hydrogen (secondary N) is 1. The molecule has 0 spiro atoms. The van der Waals surface area contributed by atoms with Gasteiger partial charge in [-0.2, -0.15) is 0 Å². The van der Waals surface area contributed by atoms with E-state index in [1.807, 2.05) is 0 Å². The Labute approximate surface area is 113 Å². The van der Waals surface area contributed by atoms with Crippen LogP contribution in [0.5, 0.6) is 0 Å². The Hall–Kier alpha value is -1.59. The zero-order valence-electron chi connectivity index (χ0n) is 11.9. The van der Waals surface area contributed by atoms with Crippen molar-refractivity contribution in [3.05, 3.63) is 11.9 Å². The fraction of sp³-hybridized carbons (Fsp3) is 0.692. The molecule has 0 aliphatic rings. The summed E-state index contributed by atoms with van der Waals surface area (Å²) < 4.78 is 22.8. The second-order valence-corrected chi connectivity index (χ2v) is 4.85. The number of carbonyl (C=O) groups is 2. The molecule has 0 saturated heterocycles. The van der Waals surface area contributed by atoms with E-state index in [2.05, 4.69) is 10.1 Å². The molecule has 0 aromatic heterocycles. The molecule has 1 N–H and O–H groups in total. The third-order valence-corrected chi connectivity index (χ3v) is 1.80. The van der Waals surface area contributed by atoms with Gasteiger partial charge in [-0.3, -0.25) is 4.79 Å². The molecule has 0 radical (unpaired) electrons. The Bertz CT molecular complexity index is 334. The Morgan fingerprint density at radius 3 is 2.47 bits per heavy atom. The predicted molar refractivity (Wildman–Crippen MR) is 69.3 cm³/mol. The van der Waals surface area contributed by atoms with Gasteiger partial charge in [0.15, 0.2) is 0 Å². The summed E-state index contributed by atoms with van der Waals surface area (Å²) >= 11 is 0. The summed E-state index contributed by atoms with van der Waals surface area (Å²) in [5.74, 6) is -1.17. The third kappa shape index (κ3) is 11.2. The zero-order valence-corrected chi connectivity index (χ0v) is 11.9. The molecular formula is C13H22FNO4. The largest absolute Gasteiger partial charge is 0.466 e. The van der Waals surface area contributed by atoms with Crippen LogP contribution in [-0.2, 0) is 14.3 Å². The number of hydrogen-bond donors (Lipinski definition) is 1. The van der Waals surface area contributed by atoms with Gasteiger partial charge in [0.05, 0.1) is 13.0 Å². The first-order chi connectivity index (χ1) is 8.74. The van der Waals surface area contributed by atoms with Crippen LogP contribution in [0, 0.1) is 0 Å². The second-order valence-electron chi connectivity index (χ2n) is 4.85. The fourth-order valence-corrected chi connectivity index (χ4v) is 1.14. The number of hydrogen-bond acceptors (Lipinski definition) is 4. The number of amides is 1. The molecule has 0 rings (SSSR count). The summed E-state index contributed by atoms with van der Waals surface area (Å²) in [6, 6.07) is 0. The average molecular weight is 275 g/mol. The first kappa shape index (κ1) is 17.4. The van der Waals surface area contributed by atoms with Gasteiger partial charge in [-0.1, -0.05) is 6.08 Å². The maximum atomic E-state index is 13.2. The first-order valence-corrected chi connectivity index (χ1v) is 6.21. The van der Waals surface area contributed by atoms with E-state index < -0.39 is 23.5 Å². The van der Waals surface area contributed by atoms with Crippen LogP contribution in [0.4, 0.5) is 9.18 Å². The lowest BCUT2D eigenvalue weighted by Crippen LogP contribution is -2.32. The van der Waals surface area contributed by atoms with Crippen molar-refractivity contribution in [2.24, 2.45) is 0 Å². The molecule has 19 heavy (non-hydrogen) atoms. The minimum absolute atomic E-state index is 0.228. The van der Waals surface area contributed by atoms with Gasteiger partial charge < -0.3 is 14.8 Å². The highest BCUT2D eigenvalue weighted by Gasteiger charge is 2.15. The molecule has 0 fully saturated rings. The lowest BCUT2D eigenvalue weighted by Gasteiger charge is -2.19. The Balaban J connectivity index is 3.83. The molecule has 6 heteroatoms. The minimum Gasteiger partial charge on any atom is -0.466 e. The van der Waals surface area contributed by atoms with Crippen LogP contribution in [0.2, 0.25) is 0 Å². The van der Waals surface area contributed by atoms with E-state index in [1.165, 1.54) is 6.08 Å². The third-order valence-electron chi connectivity index (χ3n) is 1.80. The van der Waals surface area contributed by atoms with Crippen LogP contribution in [0.1, 0.15) is 40.5 Å². The SMILES string of the molecule is CCOC(=O)C/C(F)=C\CCNC(=O)OC(C)(C)C.